The van der Waals surface area contributed by atoms with Crippen LogP contribution in [0.2, 0.25) is 0 Å². The number of aryl methyl sites for hydroxylation is 1. The Kier molecular flexibility index (Phi) is 5.23. The van der Waals surface area contributed by atoms with Crippen molar-refractivity contribution in [3.63, 3.8) is 0 Å². The van der Waals surface area contributed by atoms with E-state index in [-0.39, 0.29) is 0 Å². The van der Waals surface area contributed by atoms with Crippen LogP contribution >= 0.6 is 0 Å². The predicted octanol–water partition coefficient (Wildman–Crippen LogP) is 3.14. The molecule has 0 heterocycles. The molecule has 2 heteroatoms. The van der Waals surface area contributed by atoms with Gasteiger partial charge in [-0.2, -0.15) is 0 Å². The minimum Gasteiger partial charge on any atom is -0.489 e. The molecule has 2 aromatic carbocycles. The Morgan fingerprint density at radius 2 is 1.80 bits per heavy atom. The van der Waals surface area contributed by atoms with Crippen LogP contribution in [0.5, 0.6) is 5.75 Å². The molecule has 0 aliphatic rings. The van der Waals surface area contributed by atoms with Gasteiger partial charge in [0.2, 0.25) is 0 Å². The molecule has 2 aromatic rings. The van der Waals surface area contributed by atoms with Gasteiger partial charge >= 0.3 is 0 Å². The highest BCUT2D eigenvalue weighted by molar-refractivity contribution is 5.37. The number of hydrogen-bond acceptors (Lipinski definition) is 2. The molecule has 0 saturated carbocycles. The second-order valence-electron chi connectivity index (χ2n) is 4.45. The van der Waals surface area contributed by atoms with Gasteiger partial charge in [-0.15, -0.1) is 0 Å². The van der Waals surface area contributed by atoms with E-state index in [2.05, 4.69) is 24.8 Å². The number of nitrogens with two attached hydrogens (primary N) is 1. The molecule has 0 bridgehead atoms. The lowest BCUT2D eigenvalue weighted by molar-refractivity contribution is 0.303. The van der Waals surface area contributed by atoms with Crippen LogP contribution in [0.1, 0.15) is 23.6 Å². The van der Waals surface area contributed by atoms with Gasteiger partial charge in [-0.25, -0.2) is 0 Å². The van der Waals surface area contributed by atoms with Crippen LogP contribution in [-0.2, 0) is 13.0 Å². The average molecular weight is 265 g/mol. The van der Waals surface area contributed by atoms with Crippen LogP contribution in [-0.4, -0.2) is 6.54 Å². The molecular weight excluding hydrogens is 246 g/mol. The zero-order valence-corrected chi connectivity index (χ0v) is 11.7. The second-order valence-corrected chi connectivity index (χ2v) is 4.45. The van der Waals surface area contributed by atoms with Crippen molar-refractivity contribution < 1.29 is 4.74 Å². The topological polar surface area (TPSA) is 35.2 Å². The molecule has 0 fully saturated rings. The summed E-state index contributed by atoms with van der Waals surface area (Å²) in [6.07, 6.45) is 0.976. The van der Waals surface area contributed by atoms with Crippen LogP contribution in [0.25, 0.3) is 0 Å². The summed E-state index contributed by atoms with van der Waals surface area (Å²) in [5.74, 6) is 6.81. The minimum absolute atomic E-state index is 0.388. The third-order valence-corrected chi connectivity index (χ3v) is 3.04. The molecule has 0 atom stereocenters. The lowest BCUT2D eigenvalue weighted by Gasteiger charge is -2.10. The first kappa shape index (κ1) is 14.2. The fourth-order valence-corrected chi connectivity index (χ4v) is 1.94. The Morgan fingerprint density at radius 1 is 1.05 bits per heavy atom. The highest BCUT2D eigenvalue weighted by Gasteiger charge is 2.01. The molecule has 0 unspecified atom stereocenters. The van der Waals surface area contributed by atoms with E-state index in [1.165, 1.54) is 5.56 Å². The number of rotatable bonds is 4. The van der Waals surface area contributed by atoms with Gasteiger partial charge in [-0.1, -0.05) is 49.1 Å². The van der Waals surface area contributed by atoms with Crippen LogP contribution in [0.15, 0.2) is 48.5 Å². The van der Waals surface area contributed by atoms with Gasteiger partial charge in [0.15, 0.2) is 0 Å². The summed E-state index contributed by atoms with van der Waals surface area (Å²) in [7, 11) is 0. The van der Waals surface area contributed by atoms with Crippen molar-refractivity contribution >= 4 is 0 Å². The summed E-state index contributed by atoms with van der Waals surface area (Å²) in [6, 6.07) is 16.2. The Hall–Kier alpha value is -2.24. The quantitative estimate of drug-likeness (QED) is 0.862. The smallest absolute Gasteiger partial charge is 0.122 e. The molecule has 2 N–H and O–H groups in total. The van der Waals surface area contributed by atoms with E-state index in [1.54, 1.807) is 0 Å². The van der Waals surface area contributed by atoms with Crippen LogP contribution < -0.4 is 10.5 Å². The van der Waals surface area contributed by atoms with Crippen molar-refractivity contribution in [1.29, 1.82) is 0 Å². The Balaban J connectivity index is 2.00. The minimum atomic E-state index is 0.388. The number of ether oxygens (including phenoxy) is 1. The predicted molar refractivity (Wildman–Crippen MR) is 82.5 cm³/mol. The lowest BCUT2D eigenvalue weighted by Crippen LogP contribution is -1.98. The Labute approximate surface area is 120 Å². The molecule has 102 valence electrons. The Morgan fingerprint density at radius 3 is 2.50 bits per heavy atom. The van der Waals surface area contributed by atoms with E-state index < -0.39 is 0 Å². The fourth-order valence-electron chi connectivity index (χ4n) is 1.94. The van der Waals surface area contributed by atoms with Crippen molar-refractivity contribution in [3.05, 3.63) is 65.2 Å². The van der Waals surface area contributed by atoms with Gasteiger partial charge in [-0.3, -0.25) is 0 Å². The summed E-state index contributed by atoms with van der Waals surface area (Å²) < 4.78 is 5.88. The first-order valence-corrected chi connectivity index (χ1v) is 6.82. The maximum Gasteiger partial charge on any atom is 0.122 e. The van der Waals surface area contributed by atoms with Crippen molar-refractivity contribution in [2.45, 2.75) is 20.0 Å². The molecule has 0 aromatic heterocycles. The highest BCUT2D eigenvalue weighted by Crippen LogP contribution is 2.19. The summed E-state index contributed by atoms with van der Waals surface area (Å²) >= 11 is 0. The molecule has 0 amide bonds. The maximum absolute atomic E-state index is 5.88. The molecule has 20 heavy (non-hydrogen) atoms. The molecule has 0 aliphatic carbocycles. The molecule has 0 saturated heterocycles. The second kappa shape index (κ2) is 7.37. The highest BCUT2D eigenvalue weighted by atomic mass is 16.5. The lowest BCUT2D eigenvalue weighted by atomic mass is 10.1. The van der Waals surface area contributed by atoms with Crippen LogP contribution in [0, 0.1) is 11.8 Å². The van der Waals surface area contributed by atoms with E-state index in [0.29, 0.717) is 13.2 Å². The van der Waals surface area contributed by atoms with E-state index in [0.717, 1.165) is 23.3 Å². The molecular formula is C18H19NO. The van der Waals surface area contributed by atoms with Gasteiger partial charge in [0.05, 0.1) is 6.54 Å². The SMILES string of the molecule is CCc1ccccc1OCc1ccc(C#CCN)cc1. The first-order valence-electron chi connectivity index (χ1n) is 6.82. The van der Waals surface area contributed by atoms with Crippen molar-refractivity contribution in [2.24, 2.45) is 5.73 Å². The van der Waals surface area contributed by atoms with Crippen LogP contribution in [0.3, 0.4) is 0 Å². The normalized spacial score (nSPS) is 9.70. The third kappa shape index (κ3) is 3.88. The average Bonchev–Trinajstić information content (AvgIpc) is 2.52. The standard InChI is InChI=1S/C18H19NO/c1-2-17-7-3-4-8-18(17)20-14-16-11-9-15(10-12-16)6-5-13-19/h3-4,7-12H,2,13-14,19H2,1H3. The summed E-state index contributed by atoms with van der Waals surface area (Å²) in [6.45, 7) is 3.09. The molecule has 0 radical (unpaired) electrons. The summed E-state index contributed by atoms with van der Waals surface area (Å²) in [4.78, 5) is 0. The Bertz CT molecular complexity index is 605. The van der Waals surface area contributed by atoms with Gasteiger partial charge < -0.3 is 10.5 Å². The van der Waals surface area contributed by atoms with E-state index in [1.807, 2.05) is 42.5 Å². The van der Waals surface area contributed by atoms with E-state index >= 15 is 0 Å². The number of para-hydroxylation sites is 1. The van der Waals surface area contributed by atoms with Crippen LogP contribution in [0.4, 0.5) is 0 Å². The summed E-state index contributed by atoms with van der Waals surface area (Å²) in [5, 5.41) is 0. The van der Waals surface area contributed by atoms with Gasteiger partial charge in [0.1, 0.15) is 12.4 Å². The zero-order chi connectivity index (χ0) is 14.2. The summed E-state index contributed by atoms with van der Waals surface area (Å²) in [5.41, 5.74) is 8.70. The van der Waals surface area contributed by atoms with Crippen molar-refractivity contribution in [3.8, 4) is 17.6 Å². The van der Waals surface area contributed by atoms with Gasteiger partial charge in [0, 0.05) is 5.56 Å². The van der Waals surface area contributed by atoms with E-state index in [4.69, 9.17) is 10.5 Å². The van der Waals surface area contributed by atoms with Crippen molar-refractivity contribution in [1.82, 2.24) is 0 Å². The number of hydrogen-bond donors (Lipinski definition) is 1. The molecule has 2 nitrogen and oxygen atoms in total. The monoisotopic (exact) mass is 265 g/mol. The zero-order valence-electron chi connectivity index (χ0n) is 11.7. The number of benzene rings is 2. The maximum atomic E-state index is 5.88. The largest absolute Gasteiger partial charge is 0.489 e. The molecule has 0 spiro atoms. The third-order valence-electron chi connectivity index (χ3n) is 3.04. The van der Waals surface area contributed by atoms with Gasteiger partial charge in [-0.05, 0) is 35.7 Å². The molecule has 2 rings (SSSR count). The fraction of sp³-hybridized carbons (Fsp3) is 0.222. The first-order chi connectivity index (χ1) is 9.83. The van der Waals surface area contributed by atoms with Crippen molar-refractivity contribution in [2.75, 3.05) is 6.54 Å². The van der Waals surface area contributed by atoms with E-state index in [9.17, 15) is 0 Å². The molecule has 0 aliphatic heterocycles. The van der Waals surface area contributed by atoms with Gasteiger partial charge in [0.25, 0.3) is 0 Å².